The van der Waals surface area contributed by atoms with E-state index >= 15 is 0 Å². The van der Waals surface area contributed by atoms with E-state index < -0.39 is 18.1 Å². The molecule has 8 nitrogen and oxygen atoms in total. The molecule has 0 bridgehead atoms. The summed E-state index contributed by atoms with van der Waals surface area (Å²) >= 11 is 0. The molecule has 4 N–H and O–H groups in total. The highest BCUT2D eigenvalue weighted by atomic mass is 16.5. The van der Waals surface area contributed by atoms with Crippen LogP contribution in [0.2, 0.25) is 0 Å². The average molecular weight is 310 g/mol. The summed E-state index contributed by atoms with van der Waals surface area (Å²) in [5.41, 5.74) is 6.34. The number of aromatic nitrogens is 1. The fourth-order valence-corrected chi connectivity index (χ4v) is 2.85. The van der Waals surface area contributed by atoms with Crippen LogP contribution in [0.25, 0.3) is 0 Å². The molecule has 0 aromatic carbocycles. The molecule has 22 heavy (non-hydrogen) atoms. The summed E-state index contributed by atoms with van der Waals surface area (Å²) in [6.07, 6.45) is -0.444. The van der Waals surface area contributed by atoms with Crippen molar-refractivity contribution < 1.29 is 19.6 Å². The first-order valence-electron chi connectivity index (χ1n) is 7.24. The van der Waals surface area contributed by atoms with Gasteiger partial charge in [0.1, 0.15) is 11.7 Å². The van der Waals surface area contributed by atoms with Gasteiger partial charge in [-0.3, -0.25) is 4.79 Å². The largest absolute Gasteiger partial charge is 0.409 e. The van der Waals surface area contributed by atoms with Crippen LogP contribution in [0.4, 0.5) is 0 Å². The van der Waals surface area contributed by atoms with E-state index in [4.69, 9.17) is 15.5 Å². The molecule has 1 saturated heterocycles. The van der Waals surface area contributed by atoms with Crippen LogP contribution in [0.5, 0.6) is 0 Å². The number of amides is 1. The minimum atomic E-state index is -0.696. The normalized spacial score (nSPS) is 24.0. The molecule has 1 aliphatic rings. The maximum atomic E-state index is 12.9. The van der Waals surface area contributed by atoms with Gasteiger partial charge in [-0.15, -0.1) is 0 Å². The molecule has 0 saturated carbocycles. The lowest BCUT2D eigenvalue weighted by molar-refractivity contribution is -0.134. The van der Waals surface area contributed by atoms with Crippen molar-refractivity contribution in [3.63, 3.8) is 0 Å². The fourth-order valence-electron chi connectivity index (χ4n) is 2.85. The fraction of sp³-hybridized carbons (Fsp3) is 0.643. The molecule has 1 aliphatic heterocycles. The smallest absolute Gasteiger partial charge is 0.234 e. The summed E-state index contributed by atoms with van der Waals surface area (Å²) in [5.74, 6) is -0.372. The van der Waals surface area contributed by atoms with Crippen molar-refractivity contribution in [2.45, 2.75) is 45.3 Å². The van der Waals surface area contributed by atoms with E-state index in [1.165, 1.54) is 4.90 Å². The van der Waals surface area contributed by atoms with Crippen LogP contribution in [0.1, 0.15) is 37.6 Å². The highest BCUT2D eigenvalue weighted by Crippen LogP contribution is 2.30. The lowest BCUT2D eigenvalue weighted by atomic mass is 9.91. The van der Waals surface area contributed by atoms with Crippen molar-refractivity contribution in [1.29, 1.82) is 0 Å². The molecule has 0 spiro atoms. The molecule has 122 valence electrons. The van der Waals surface area contributed by atoms with Crippen LogP contribution in [-0.4, -0.2) is 50.8 Å². The van der Waals surface area contributed by atoms with E-state index in [1.807, 2.05) is 13.8 Å². The summed E-state index contributed by atoms with van der Waals surface area (Å²) in [4.78, 5) is 14.4. The van der Waals surface area contributed by atoms with Gasteiger partial charge in [0.25, 0.3) is 0 Å². The van der Waals surface area contributed by atoms with Crippen molar-refractivity contribution >= 4 is 11.7 Å². The van der Waals surface area contributed by atoms with Gasteiger partial charge in [0, 0.05) is 19.0 Å². The van der Waals surface area contributed by atoms with Gasteiger partial charge in [-0.25, -0.2) is 0 Å². The molecular formula is C14H22N4O4. The summed E-state index contributed by atoms with van der Waals surface area (Å²) in [6, 6.07) is 1.12. The highest BCUT2D eigenvalue weighted by molar-refractivity contribution is 5.92. The third-order valence-corrected chi connectivity index (χ3v) is 3.90. The van der Waals surface area contributed by atoms with Crippen LogP contribution < -0.4 is 5.73 Å². The van der Waals surface area contributed by atoms with E-state index in [-0.39, 0.29) is 30.6 Å². The molecule has 8 heteroatoms. The molecule has 1 aromatic rings. The number of aliphatic hydroxyl groups is 1. The molecule has 1 aromatic heterocycles. The Kier molecular flexibility index (Phi) is 4.70. The Morgan fingerprint density at radius 2 is 2.27 bits per heavy atom. The van der Waals surface area contributed by atoms with Crippen molar-refractivity contribution in [3.8, 4) is 0 Å². The number of hydrogen-bond acceptors (Lipinski definition) is 6. The summed E-state index contributed by atoms with van der Waals surface area (Å²) in [6.45, 7) is 5.75. The minimum Gasteiger partial charge on any atom is -0.409 e. The van der Waals surface area contributed by atoms with Gasteiger partial charge >= 0.3 is 0 Å². The number of carbonyl (C=O) groups is 1. The Morgan fingerprint density at radius 1 is 1.59 bits per heavy atom. The SMILES string of the molecule is Cc1cc(C(C(=O)N2C[C@H](O)C[C@H]2/C(N)=N/O)C(C)C)on1. The zero-order valence-corrected chi connectivity index (χ0v) is 12.9. The first kappa shape index (κ1) is 16.3. The zero-order valence-electron chi connectivity index (χ0n) is 12.9. The number of aryl methyl sites for hydroxylation is 1. The van der Waals surface area contributed by atoms with Gasteiger partial charge in [-0.1, -0.05) is 24.2 Å². The van der Waals surface area contributed by atoms with Crippen molar-refractivity contribution in [3.05, 3.63) is 17.5 Å². The number of carbonyl (C=O) groups excluding carboxylic acids is 1. The van der Waals surface area contributed by atoms with E-state index in [1.54, 1.807) is 13.0 Å². The van der Waals surface area contributed by atoms with Crippen LogP contribution in [0.3, 0.4) is 0 Å². The summed E-state index contributed by atoms with van der Waals surface area (Å²) < 4.78 is 5.25. The number of amidine groups is 1. The lowest BCUT2D eigenvalue weighted by Crippen LogP contribution is -2.46. The van der Waals surface area contributed by atoms with Crippen molar-refractivity contribution in [2.24, 2.45) is 16.8 Å². The second-order valence-electron chi connectivity index (χ2n) is 6.01. The number of β-amino-alcohol motifs (C(OH)–C–C–N with tert-alkyl or cyclic N) is 1. The second kappa shape index (κ2) is 6.35. The van der Waals surface area contributed by atoms with Gasteiger partial charge < -0.3 is 25.5 Å². The third kappa shape index (κ3) is 3.06. The number of aliphatic hydroxyl groups excluding tert-OH is 1. The second-order valence-corrected chi connectivity index (χ2v) is 6.01. The van der Waals surface area contributed by atoms with E-state index in [0.29, 0.717) is 11.5 Å². The van der Waals surface area contributed by atoms with Gasteiger partial charge in [-0.2, -0.15) is 0 Å². The number of nitrogens with two attached hydrogens (primary N) is 1. The average Bonchev–Trinajstić information content (AvgIpc) is 3.04. The van der Waals surface area contributed by atoms with E-state index in [2.05, 4.69) is 10.3 Å². The monoisotopic (exact) mass is 310 g/mol. The maximum Gasteiger partial charge on any atom is 0.234 e. The molecule has 0 radical (unpaired) electrons. The number of nitrogens with zero attached hydrogens (tertiary/aromatic N) is 3. The summed E-state index contributed by atoms with van der Waals surface area (Å²) in [5, 5.41) is 25.5. The Morgan fingerprint density at radius 3 is 2.77 bits per heavy atom. The molecule has 1 fully saturated rings. The Balaban J connectivity index is 2.30. The van der Waals surface area contributed by atoms with Gasteiger partial charge in [-0.05, 0) is 12.8 Å². The van der Waals surface area contributed by atoms with Gasteiger partial charge in [0.05, 0.1) is 17.8 Å². The number of oxime groups is 1. The van der Waals surface area contributed by atoms with Gasteiger partial charge in [0.2, 0.25) is 5.91 Å². The third-order valence-electron chi connectivity index (χ3n) is 3.90. The highest BCUT2D eigenvalue weighted by Gasteiger charge is 2.41. The molecule has 3 atom stereocenters. The van der Waals surface area contributed by atoms with E-state index in [9.17, 15) is 9.90 Å². The zero-order chi connectivity index (χ0) is 16.4. The predicted molar refractivity (Wildman–Crippen MR) is 78.4 cm³/mol. The maximum absolute atomic E-state index is 12.9. The number of rotatable bonds is 4. The molecule has 1 unspecified atom stereocenters. The Labute approximate surface area is 128 Å². The Hall–Kier alpha value is -2.09. The molecule has 2 heterocycles. The van der Waals surface area contributed by atoms with E-state index in [0.717, 1.165) is 0 Å². The number of hydrogen-bond donors (Lipinski definition) is 3. The van der Waals surface area contributed by atoms with Crippen LogP contribution in [0, 0.1) is 12.8 Å². The van der Waals surface area contributed by atoms with Crippen molar-refractivity contribution in [1.82, 2.24) is 10.1 Å². The minimum absolute atomic E-state index is 0.0227. The van der Waals surface area contributed by atoms with Crippen LogP contribution >= 0.6 is 0 Å². The van der Waals surface area contributed by atoms with Gasteiger partial charge in [0.15, 0.2) is 5.84 Å². The molecule has 1 amide bonds. The first-order chi connectivity index (χ1) is 10.3. The number of likely N-dealkylation sites (tertiary alicyclic amines) is 1. The first-order valence-corrected chi connectivity index (χ1v) is 7.24. The van der Waals surface area contributed by atoms with Crippen LogP contribution in [-0.2, 0) is 4.79 Å². The van der Waals surface area contributed by atoms with Crippen molar-refractivity contribution in [2.75, 3.05) is 6.54 Å². The lowest BCUT2D eigenvalue weighted by Gasteiger charge is -2.28. The topological polar surface area (TPSA) is 125 Å². The van der Waals surface area contributed by atoms with Crippen LogP contribution in [0.15, 0.2) is 15.7 Å². The predicted octanol–water partition coefficient (Wildman–Crippen LogP) is 0.431. The molecular weight excluding hydrogens is 288 g/mol. The standard InChI is InChI=1S/C14H22N4O4/c1-7(2)12(11-4-8(3)17-22-11)14(20)18-6-9(19)5-10(18)13(15)16-21/h4,7,9-10,12,19,21H,5-6H2,1-3H3,(H2,15,16)/t9-,10+,12?/m1/s1. The summed E-state index contributed by atoms with van der Waals surface area (Å²) in [7, 11) is 0. The quantitative estimate of drug-likeness (QED) is 0.320. The Bertz CT molecular complexity index is 569. The molecule has 0 aliphatic carbocycles. The molecule has 2 rings (SSSR count).